The average Bonchev–Trinajstić information content (AvgIpc) is 2.49. The number of carbonyl (C=O) groups is 1. The van der Waals surface area contributed by atoms with Crippen molar-refractivity contribution in [2.75, 3.05) is 0 Å². The van der Waals surface area contributed by atoms with Crippen LogP contribution in [0.25, 0.3) is 10.9 Å². The van der Waals surface area contributed by atoms with Crippen LogP contribution in [-0.2, 0) is 11.2 Å². The van der Waals surface area contributed by atoms with E-state index < -0.39 is 5.97 Å². The molecule has 0 aliphatic rings. The van der Waals surface area contributed by atoms with Gasteiger partial charge in [-0.1, -0.05) is 6.07 Å². The highest BCUT2D eigenvalue weighted by atomic mass is 16.4. The van der Waals surface area contributed by atoms with E-state index in [-0.39, 0.29) is 12.2 Å². The Kier molecular flexibility index (Phi) is 1.85. The summed E-state index contributed by atoms with van der Waals surface area (Å²) in [6, 6.07) is 4.86. The zero-order valence-electron chi connectivity index (χ0n) is 7.19. The second-order valence-corrected chi connectivity index (χ2v) is 2.94. The van der Waals surface area contributed by atoms with E-state index in [9.17, 15) is 9.90 Å². The second kappa shape index (κ2) is 3.02. The Bertz CT molecular complexity index is 490. The number of phenols is 1. The van der Waals surface area contributed by atoms with Gasteiger partial charge in [0.1, 0.15) is 5.75 Å². The van der Waals surface area contributed by atoms with E-state index >= 15 is 0 Å². The van der Waals surface area contributed by atoms with Crippen LogP contribution in [0.3, 0.4) is 0 Å². The summed E-state index contributed by atoms with van der Waals surface area (Å²) in [6.07, 6.45) is -0.173. The smallest absolute Gasteiger partial charge is 0.309 e. The molecule has 2 aromatic rings. The van der Waals surface area contributed by atoms with Gasteiger partial charge >= 0.3 is 5.97 Å². The van der Waals surface area contributed by atoms with Crippen molar-refractivity contribution in [3.05, 3.63) is 23.9 Å². The standard InChI is InChI=1S/C9H8N2O3/c12-7-3-1-2-5-9(7)6(11-10-5)4-8(13)14/h1-3,12H,4H2,(H,10,11)(H,13,14). The van der Waals surface area contributed by atoms with Gasteiger partial charge in [-0.2, -0.15) is 5.10 Å². The Morgan fingerprint density at radius 3 is 3.00 bits per heavy atom. The van der Waals surface area contributed by atoms with Gasteiger partial charge in [0.25, 0.3) is 0 Å². The number of aromatic hydroxyl groups is 1. The summed E-state index contributed by atoms with van der Waals surface area (Å²) < 4.78 is 0. The van der Waals surface area contributed by atoms with Crippen LogP contribution >= 0.6 is 0 Å². The van der Waals surface area contributed by atoms with E-state index in [2.05, 4.69) is 10.2 Å². The summed E-state index contributed by atoms with van der Waals surface area (Å²) in [5.41, 5.74) is 0.992. The summed E-state index contributed by atoms with van der Waals surface area (Å²) in [6.45, 7) is 0. The fraction of sp³-hybridized carbons (Fsp3) is 0.111. The lowest BCUT2D eigenvalue weighted by atomic mass is 10.1. The molecule has 5 nitrogen and oxygen atoms in total. The zero-order valence-corrected chi connectivity index (χ0v) is 7.19. The normalized spacial score (nSPS) is 10.6. The predicted molar refractivity (Wildman–Crippen MR) is 49.1 cm³/mol. The highest BCUT2D eigenvalue weighted by Gasteiger charge is 2.11. The number of aromatic nitrogens is 2. The molecule has 5 heteroatoms. The highest BCUT2D eigenvalue weighted by molar-refractivity contribution is 5.89. The number of benzene rings is 1. The van der Waals surface area contributed by atoms with Crippen LogP contribution in [0.2, 0.25) is 0 Å². The van der Waals surface area contributed by atoms with E-state index in [1.54, 1.807) is 12.1 Å². The lowest BCUT2D eigenvalue weighted by Crippen LogP contribution is -2.00. The van der Waals surface area contributed by atoms with E-state index in [1.807, 2.05) is 0 Å². The van der Waals surface area contributed by atoms with Crippen LogP contribution in [0.5, 0.6) is 5.75 Å². The van der Waals surface area contributed by atoms with Gasteiger partial charge in [-0.15, -0.1) is 0 Å². The number of phenolic OH excluding ortho intramolecular Hbond substituents is 1. The first-order valence-electron chi connectivity index (χ1n) is 4.05. The molecule has 1 aromatic carbocycles. The molecule has 0 amide bonds. The molecule has 1 aromatic heterocycles. The van der Waals surface area contributed by atoms with Gasteiger partial charge in [0.2, 0.25) is 0 Å². The van der Waals surface area contributed by atoms with E-state index in [0.717, 1.165) is 0 Å². The van der Waals surface area contributed by atoms with E-state index in [4.69, 9.17) is 5.11 Å². The number of aliphatic carboxylic acids is 1. The molecule has 72 valence electrons. The van der Waals surface area contributed by atoms with Gasteiger partial charge in [-0.05, 0) is 12.1 Å². The van der Waals surface area contributed by atoms with Gasteiger partial charge in [0, 0.05) is 0 Å². The fourth-order valence-corrected chi connectivity index (χ4v) is 1.39. The maximum Gasteiger partial charge on any atom is 0.309 e. The maximum absolute atomic E-state index is 10.5. The molecule has 0 spiro atoms. The van der Waals surface area contributed by atoms with Crippen LogP contribution in [0.4, 0.5) is 0 Å². The van der Waals surface area contributed by atoms with Crippen LogP contribution in [0.1, 0.15) is 5.69 Å². The number of hydrogen-bond donors (Lipinski definition) is 3. The Hall–Kier alpha value is -2.04. The number of nitrogens with zero attached hydrogens (tertiary/aromatic N) is 1. The van der Waals surface area contributed by atoms with Crippen molar-refractivity contribution < 1.29 is 15.0 Å². The number of H-pyrrole nitrogens is 1. The number of hydrogen-bond acceptors (Lipinski definition) is 3. The third kappa shape index (κ3) is 1.28. The quantitative estimate of drug-likeness (QED) is 0.659. The summed E-state index contributed by atoms with van der Waals surface area (Å²) in [5, 5.41) is 25.1. The summed E-state index contributed by atoms with van der Waals surface area (Å²) >= 11 is 0. The molecule has 0 saturated heterocycles. The number of nitrogens with one attached hydrogen (secondary N) is 1. The molecule has 0 radical (unpaired) electrons. The van der Waals surface area contributed by atoms with E-state index in [0.29, 0.717) is 16.6 Å². The van der Waals surface area contributed by atoms with Crippen LogP contribution < -0.4 is 0 Å². The molecule has 0 unspecified atom stereocenters. The van der Waals surface area contributed by atoms with Crippen LogP contribution in [-0.4, -0.2) is 26.4 Å². The molecule has 1 heterocycles. The van der Waals surface area contributed by atoms with Crippen LogP contribution in [0, 0.1) is 0 Å². The minimum Gasteiger partial charge on any atom is -0.507 e. The molecule has 2 rings (SSSR count). The molecule has 3 N–H and O–H groups in total. The summed E-state index contributed by atoms with van der Waals surface area (Å²) in [7, 11) is 0. The Labute approximate surface area is 79.0 Å². The average molecular weight is 192 g/mol. The van der Waals surface area contributed by atoms with Gasteiger partial charge in [0.15, 0.2) is 0 Å². The third-order valence-electron chi connectivity index (χ3n) is 1.96. The van der Waals surface area contributed by atoms with Crippen molar-refractivity contribution in [3.8, 4) is 5.75 Å². The first-order chi connectivity index (χ1) is 6.68. The lowest BCUT2D eigenvalue weighted by Gasteiger charge is -1.95. The largest absolute Gasteiger partial charge is 0.507 e. The molecule has 0 fully saturated rings. The maximum atomic E-state index is 10.5. The van der Waals surface area contributed by atoms with Crippen molar-refractivity contribution in [1.82, 2.24) is 10.2 Å². The summed E-state index contributed by atoms with van der Waals surface area (Å²) in [5.74, 6) is -0.911. The van der Waals surface area contributed by atoms with Crippen molar-refractivity contribution in [3.63, 3.8) is 0 Å². The SMILES string of the molecule is O=C(O)Cc1[nH]nc2cccc(O)c12. The third-order valence-corrected chi connectivity index (χ3v) is 1.96. The van der Waals surface area contributed by atoms with Gasteiger partial charge < -0.3 is 10.2 Å². The van der Waals surface area contributed by atoms with Crippen LogP contribution in [0.15, 0.2) is 18.2 Å². The van der Waals surface area contributed by atoms with Crippen molar-refractivity contribution in [2.45, 2.75) is 6.42 Å². The van der Waals surface area contributed by atoms with Crippen molar-refractivity contribution >= 4 is 16.9 Å². The predicted octanol–water partition coefficient (Wildman–Crippen LogP) is 0.896. The number of aromatic amines is 1. The Balaban J connectivity index is 2.61. The zero-order chi connectivity index (χ0) is 10.1. The molecular weight excluding hydrogens is 184 g/mol. The Morgan fingerprint density at radius 2 is 2.29 bits per heavy atom. The Morgan fingerprint density at radius 1 is 1.50 bits per heavy atom. The lowest BCUT2D eigenvalue weighted by molar-refractivity contribution is -0.136. The topological polar surface area (TPSA) is 86.2 Å². The molecule has 0 aliphatic heterocycles. The number of carboxylic acid groups (broad SMARTS) is 1. The summed E-state index contributed by atoms with van der Waals surface area (Å²) in [4.78, 5) is 10.5. The molecular formula is C9H8N2O3. The molecule has 0 aliphatic carbocycles. The van der Waals surface area contributed by atoms with E-state index in [1.165, 1.54) is 6.07 Å². The highest BCUT2D eigenvalue weighted by Crippen LogP contribution is 2.25. The monoisotopic (exact) mass is 192 g/mol. The van der Waals surface area contributed by atoms with Crippen molar-refractivity contribution in [1.29, 1.82) is 0 Å². The first-order valence-corrected chi connectivity index (χ1v) is 4.05. The minimum atomic E-state index is -0.959. The number of fused-ring (bicyclic) bond motifs is 1. The van der Waals surface area contributed by atoms with Gasteiger partial charge in [-0.3, -0.25) is 9.89 Å². The van der Waals surface area contributed by atoms with Gasteiger partial charge in [0.05, 0.1) is 23.0 Å². The molecule has 0 bridgehead atoms. The molecule has 0 atom stereocenters. The molecule has 14 heavy (non-hydrogen) atoms. The van der Waals surface area contributed by atoms with Gasteiger partial charge in [-0.25, -0.2) is 0 Å². The minimum absolute atomic E-state index is 0.0486. The van der Waals surface area contributed by atoms with Crippen molar-refractivity contribution in [2.24, 2.45) is 0 Å². The first kappa shape index (κ1) is 8.55. The second-order valence-electron chi connectivity index (χ2n) is 2.94. The fourth-order valence-electron chi connectivity index (χ4n) is 1.39. The number of carboxylic acids is 1. The number of rotatable bonds is 2. The molecule has 0 saturated carbocycles.